The van der Waals surface area contributed by atoms with Crippen LogP contribution in [-0.4, -0.2) is 26.1 Å². The zero-order valence-corrected chi connectivity index (χ0v) is 10.1. The van der Waals surface area contributed by atoms with E-state index in [1.165, 1.54) is 6.33 Å². The van der Waals surface area contributed by atoms with Gasteiger partial charge in [0.1, 0.15) is 12.2 Å². The van der Waals surface area contributed by atoms with Gasteiger partial charge in [-0.1, -0.05) is 0 Å². The average Bonchev–Trinajstić information content (AvgIpc) is 2.67. The van der Waals surface area contributed by atoms with Crippen LogP contribution in [0.1, 0.15) is 5.82 Å². The molecule has 78 valence electrons. The van der Waals surface area contributed by atoms with Crippen LogP contribution < -0.4 is 5.73 Å². The Morgan fingerprint density at radius 3 is 3.00 bits per heavy atom. The van der Waals surface area contributed by atoms with Crippen molar-refractivity contribution in [1.82, 2.24) is 19.5 Å². The maximum absolute atomic E-state index is 5.52. The molecule has 6 heteroatoms. The first-order chi connectivity index (χ1) is 7.33. The summed E-state index contributed by atoms with van der Waals surface area (Å²) in [4.78, 5) is 12.4. The fourth-order valence-electron chi connectivity index (χ4n) is 1.32. The lowest BCUT2D eigenvalue weighted by atomic mass is 10.4. The summed E-state index contributed by atoms with van der Waals surface area (Å²) in [6.07, 6.45) is 7.69. The van der Waals surface area contributed by atoms with E-state index >= 15 is 0 Å². The Kier molecular flexibility index (Phi) is 3.27. The largest absolute Gasteiger partial charge is 0.330 e. The molecular weight excluding hydrogens is 305 g/mol. The third kappa shape index (κ3) is 2.15. The molecule has 0 radical (unpaired) electrons. The van der Waals surface area contributed by atoms with Crippen molar-refractivity contribution in [2.24, 2.45) is 5.73 Å². The summed E-state index contributed by atoms with van der Waals surface area (Å²) in [5.41, 5.74) is 5.52. The summed E-state index contributed by atoms with van der Waals surface area (Å²) in [6, 6.07) is 0. The van der Waals surface area contributed by atoms with Crippen molar-refractivity contribution in [3.63, 3.8) is 0 Å². The van der Waals surface area contributed by atoms with E-state index in [0.717, 1.165) is 21.6 Å². The minimum atomic E-state index is 0.582. The van der Waals surface area contributed by atoms with Crippen molar-refractivity contribution in [1.29, 1.82) is 0 Å². The highest BCUT2D eigenvalue weighted by Gasteiger charge is 2.08. The highest BCUT2D eigenvalue weighted by molar-refractivity contribution is 14.1. The first kappa shape index (κ1) is 10.5. The molecule has 0 saturated carbocycles. The summed E-state index contributed by atoms with van der Waals surface area (Å²) in [6.45, 7) is 0.582. The summed E-state index contributed by atoms with van der Waals surface area (Å²) in [5, 5.41) is 0. The second-order valence-electron chi connectivity index (χ2n) is 2.95. The van der Waals surface area contributed by atoms with Crippen LogP contribution >= 0.6 is 22.6 Å². The Morgan fingerprint density at radius 2 is 2.27 bits per heavy atom. The Morgan fingerprint density at radius 1 is 1.40 bits per heavy atom. The second kappa shape index (κ2) is 4.67. The molecule has 0 fully saturated rings. The van der Waals surface area contributed by atoms with E-state index < -0.39 is 0 Å². The van der Waals surface area contributed by atoms with Crippen LogP contribution in [0.25, 0.3) is 5.82 Å². The monoisotopic (exact) mass is 315 g/mol. The van der Waals surface area contributed by atoms with Crippen molar-refractivity contribution in [2.75, 3.05) is 6.54 Å². The zero-order valence-electron chi connectivity index (χ0n) is 7.97. The molecule has 0 aliphatic carbocycles. The van der Waals surface area contributed by atoms with Crippen LogP contribution in [0.2, 0.25) is 0 Å². The molecule has 0 spiro atoms. The van der Waals surface area contributed by atoms with Gasteiger partial charge in [-0.3, -0.25) is 4.57 Å². The molecule has 5 nitrogen and oxygen atoms in total. The smallest absolute Gasteiger partial charge is 0.154 e. The van der Waals surface area contributed by atoms with Gasteiger partial charge in [0, 0.05) is 25.0 Å². The predicted octanol–water partition coefficient (Wildman–Crippen LogP) is 0.768. The van der Waals surface area contributed by atoms with E-state index in [0.29, 0.717) is 6.54 Å². The van der Waals surface area contributed by atoms with E-state index in [9.17, 15) is 0 Å². The van der Waals surface area contributed by atoms with Crippen molar-refractivity contribution in [3.8, 4) is 5.82 Å². The van der Waals surface area contributed by atoms with Gasteiger partial charge in [0.25, 0.3) is 0 Å². The lowest BCUT2D eigenvalue weighted by Crippen LogP contribution is -2.10. The summed E-state index contributed by atoms with van der Waals surface area (Å²) >= 11 is 2.20. The molecule has 2 aromatic rings. The number of imidazole rings is 1. The molecule has 15 heavy (non-hydrogen) atoms. The Hall–Kier alpha value is -1.02. The van der Waals surface area contributed by atoms with E-state index in [1.807, 2.05) is 10.8 Å². The maximum atomic E-state index is 5.52. The molecule has 2 aromatic heterocycles. The highest BCUT2D eigenvalue weighted by atomic mass is 127. The fourth-order valence-corrected chi connectivity index (χ4v) is 1.88. The molecule has 0 bridgehead atoms. The molecule has 0 unspecified atom stereocenters. The van der Waals surface area contributed by atoms with Gasteiger partial charge in [0.15, 0.2) is 5.82 Å². The van der Waals surface area contributed by atoms with Crippen LogP contribution in [0.5, 0.6) is 0 Å². The van der Waals surface area contributed by atoms with Gasteiger partial charge in [-0.25, -0.2) is 15.0 Å². The van der Waals surface area contributed by atoms with Crippen molar-refractivity contribution < 1.29 is 0 Å². The second-order valence-corrected chi connectivity index (χ2v) is 4.11. The van der Waals surface area contributed by atoms with Gasteiger partial charge in [-0.2, -0.15) is 0 Å². The number of aromatic nitrogens is 4. The number of hydrogen-bond donors (Lipinski definition) is 1. The van der Waals surface area contributed by atoms with Crippen LogP contribution in [0.3, 0.4) is 0 Å². The lowest BCUT2D eigenvalue weighted by molar-refractivity contribution is 0.816. The highest BCUT2D eigenvalue weighted by Crippen LogP contribution is 2.14. The normalized spacial score (nSPS) is 10.5. The molecule has 0 aromatic carbocycles. The molecule has 0 saturated heterocycles. The van der Waals surface area contributed by atoms with Gasteiger partial charge >= 0.3 is 0 Å². The molecule has 0 amide bonds. The van der Waals surface area contributed by atoms with Gasteiger partial charge in [0.05, 0.1) is 3.57 Å². The van der Waals surface area contributed by atoms with Crippen LogP contribution in [-0.2, 0) is 6.42 Å². The SMILES string of the molecule is NCCc1nccn1-c1ncncc1I. The Balaban J connectivity index is 2.45. The number of nitrogens with two attached hydrogens (primary N) is 1. The van der Waals surface area contributed by atoms with Crippen LogP contribution in [0.15, 0.2) is 24.9 Å². The maximum Gasteiger partial charge on any atom is 0.154 e. The van der Waals surface area contributed by atoms with Crippen molar-refractivity contribution in [2.45, 2.75) is 6.42 Å². The summed E-state index contributed by atoms with van der Waals surface area (Å²) in [7, 11) is 0. The van der Waals surface area contributed by atoms with Crippen LogP contribution in [0, 0.1) is 3.57 Å². The molecule has 0 aliphatic heterocycles. The van der Waals surface area contributed by atoms with Gasteiger partial charge in [-0.15, -0.1) is 0 Å². The van der Waals surface area contributed by atoms with Gasteiger partial charge in [-0.05, 0) is 29.1 Å². The first-order valence-corrected chi connectivity index (χ1v) is 5.59. The van der Waals surface area contributed by atoms with E-state index in [4.69, 9.17) is 5.73 Å². The molecular formula is C9H10IN5. The lowest BCUT2D eigenvalue weighted by Gasteiger charge is -2.06. The third-order valence-electron chi connectivity index (χ3n) is 1.96. The molecule has 2 N–H and O–H groups in total. The molecule has 2 rings (SSSR count). The van der Waals surface area contributed by atoms with E-state index in [-0.39, 0.29) is 0 Å². The van der Waals surface area contributed by atoms with E-state index in [2.05, 4.69) is 37.5 Å². The van der Waals surface area contributed by atoms with E-state index in [1.54, 1.807) is 12.4 Å². The number of nitrogens with zero attached hydrogens (tertiary/aromatic N) is 4. The minimum absolute atomic E-state index is 0.582. The minimum Gasteiger partial charge on any atom is -0.330 e. The molecule has 0 atom stereocenters. The van der Waals surface area contributed by atoms with Gasteiger partial charge < -0.3 is 5.73 Å². The summed E-state index contributed by atoms with van der Waals surface area (Å²) in [5.74, 6) is 1.78. The number of hydrogen-bond acceptors (Lipinski definition) is 4. The molecule has 2 heterocycles. The Bertz CT molecular complexity index is 453. The number of halogens is 1. The first-order valence-electron chi connectivity index (χ1n) is 4.51. The van der Waals surface area contributed by atoms with Crippen molar-refractivity contribution >= 4 is 22.6 Å². The third-order valence-corrected chi connectivity index (χ3v) is 2.72. The van der Waals surface area contributed by atoms with Crippen LogP contribution in [0.4, 0.5) is 0 Å². The predicted molar refractivity (Wildman–Crippen MR) is 64.6 cm³/mol. The number of rotatable bonds is 3. The standard InChI is InChI=1S/C9H10IN5/c10-7-5-12-6-14-9(7)15-4-3-13-8(15)1-2-11/h3-6H,1-2,11H2. The fraction of sp³-hybridized carbons (Fsp3) is 0.222. The van der Waals surface area contributed by atoms with Gasteiger partial charge in [0.2, 0.25) is 0 Å². The quantitative estimate of drug-likeness (QED) is 0.850. The Labute approximate surface area is 101 Å². The summed E-state index contributed by atoms with van der Waals surface area (Å²) < 4.78 is 2.93. The topological polar surface area (TPSA) is 69.6 Å². The molecule has 0 aliphatic rings. The van der Waals surface area contributed by atoms with Crippen molar-refractivity contribution in [3.05, 3.63) is 34.3 Å². The average molecular weight is 315 g/mol. The zero-order chi connectivity index (χ0) is 10.7.